The second kappa shape index (κ2) is 23.1. The van der Waals surface area contributed by atoms with Crippen molar-refractivity contribution in [1.29, 1.82) is 0 Å². The number of hydrogen-bond donors (Lipinski definition) is 0. The summed E-state index contributed by atoms with van der Waals surface area (Å²) in [7, 11) is 0. The van der Waals surface area contributed by atoms with Crippen LogP contribution in [0.1, 0.15) is 0 Å². The van der Waals surface area contributed by atoms with Crippen LogP contribution in [0.3, 0.4) is 0 Å². The molecule has 0 unspecified atom stereocenters. The number of para-hydroxylation sites is 8. The van der Waals surface area contributed by atoms with Crippen LogP contribution in [0.4, 0.5) is 0 Å². The molecule has 0 radical (unpaired) electrons. The minimum absolute atomic E-state index is 1.12. The molecule has 124 heavy (non-hydrogen) atoms. The van der Waals surface area contributed by atoms with Crippen LogP contribution in [0.15, 0.2) is 376 Å². The van der Waals surface area contributed by atoms with E-state index in [2.05, 4.69) is 412 Å². The van der Waals surface area contributed by atoms with E-state index in [-0.39, 0.29) is 0 Å². The normalized spacial score (nSPS) is 12.8. The molecule has 0 saturated carbocycles. The number of hydrogen-bond acceptors (Lipinski definition) is 2. The standard InChI is InChI=1S/C114H62N8S2/c1-11-31-91-69(21-1)70-22-2-12-32-92(70)115(91)63-41-47-99-79(53-63)80-54-64(116-93-33-13-3-23-71(93)72-24-4-14-34-94(72)116)42-48-100(80)119(99)67-45-51-103-89(57-67)109-111-85(59-87-77-29-9-19-39-107(77)123-113(87)109)83-62-106-84(61-105(83)121(103)111)86-60-88-78-30-10-20-40-108(78)124-114(88)110-90-58-68(46-52-104(90)122(106)112(86)110)120-101-49-43-65(117-95-35-15-5-25-73(95)74-26-6-16-36-96(74)117)55-81(101)82-56-66(44-50-102(82)120)118-97-37-17-7-27-75(97)76-28-8-18-38-98(76)118/h1-62H. The van der Waals surface area contributed by atoms with Gasteiger partial charge >= 0.3 is 0 Å². The summed E-state index contributed by atoms with van der Waals surface area (Å²) in [4.78, 5) is 0. The van der Waals surface area contributed by atoms with Crippen molar-refractivity contribution in [2.24, 2.45) is 0 Å². The van der Waals surface area contributed by atoms with Gasteiger partial charge in [-0.1, -0.05) is 182 Å². The Kier molecular flexibility index (Phi) is 12.1. The SMILES string of the molecule is c1ccc2c(c1)sc1c2cc2c3cc4c(cc3n3c5ccc(-n6c7ccc(-n8c9ccccc9c9ccccc98)cc7c7cc(-n8c9ccccc9c9ccccc98)ccc76)cc5c1c23)c1cc2c3ccccc3sc2c2c3cc(-n5c6ccc(-n7c8ccccc8c8ccccc87)cc6c6cc(-n7c8ccccc8c8ccccc87)ccc65)ccc3n4c12. The fraction of sp³-hybridized carbons (Fsp3) is 0. The van der Waals surface area contributed by atoms with Gasteiger partial charge < -0.3 is 36.2 Å². The highest BCUT2D eigenvalue weighted by molar-refractivity contribution is 7.27. The number of fused-ring (bicyclic) bond motifs is 38. The molecule has 12 heterocycles. The summed E-state index contributed by atoms with van der Waals surface area (Å²) in [5, 5.41) is 30.0. The van der Waals surface area contributed by atoms with E-state index in [4.69, 9.17) is 0 Å². The highest BCUT2D eigenvalue weighted by Crippen LogP contribution is 2.54. The number of benzene rings is 19. The minimum Gasteiger partial charge on any atom is -0.309 e. The topological polar surface area (TPSA) is 38.4 Å². The van der Waals surface area contributed by atoms with Crippen LogP contribution in [0, 0.1) is 0 Å². The molecule has 0 aliphatic rings. The highest BCUT2D eigenvalue weighted by Gasteiger charge is 2.30. The van der Waals surface area contributed by atoms with Crippen molar-refractivity contribution in [1.82, 2.24) is 36.2 Å². The summed E-state index contributed by atoms with van der Waals surface area (Å²) < 4.78 is 25.4. The first-order chi connectivity index (χ1) is 61.5. The molecule has 570 valence electrons. The van der Waals surface area contributed by atoms with Gasteiger partial charge in [-0.2, -0.15) is 0 Å². The average molecular weight is 1610 g/mol. The Morgan fingerprint density at radius 1 is 0.137 bits per heavy atom. The van der Waals surface area contributed by atoms with Crippen LogP contribution >= 0.6 is 22.7 Å². The number of rotatable bonds is 6. The summed E-state index contributed by atoms with van der Waals surface area (Å²) in [6.45, 7) is 0. The van der Waals surface area contributed by atoms with Crippen molar-refractivity contribution >= 4 is 270 Å². The van der Waals surface area contributed by atoms with Gasteiger partial charge in [0.1, 0.15) is 0 Å². The van der Waals surface area contributed by atoms with Crippen LogP contribution in [0.5, 0.6) is 0 Å². The first kappa shape index (κ1) is 64.9. The molecule has 0 saturated heterocycles. The fourth-order valence-electron chi connectivity index (χ4n) is 23.2. The maximum absolute atomic E-state index is 2.64. The predicted octanol–water partition coefficient (Wildman–Crippen LogP) is 31.3. The molecule has 0 amide bonds. The zero-order chi connectivity index (χ0) is 79.9. The van der Waals surface area contributed by atoms with Crippen LogP contribution in [-0.4, -0.2) is 36.2 Å². The van der Waals surface area contributed by atoms with E-state index < -0.39 is 0 Å². The monoisotopic (exact) mass is 1610 g/mol. The lowest BCUT2D eigenvalue weighted by atomic mass is 10.0. The lowest BCUT2D eigenvalue weighted by molar-refractivity contribution is 1.16. The second-order valence-corrected chi connectivity index (χ2v) is 36.3. The number of nitrogens with zero attached hydrogens (tertiary/aromatic N) is 8. The molecule has 0 spiro atoms. The quantitative estimate of drug-likeness (QED) is 0.159. The van der Waals surface area contributed by atoms with E-state index in [1.165, 1.54) is 225 Å². The largest absolute Gasteiger partial charge is 0.309 e. The Balaban J connectivity index is 0.644. The molecule has 8 nitrogen and oxygen atoms in total. The van der Waals surface area contributed by atoms with Gasteiger partial charge in [0.15, 0.2) is 0 Å². The van der Waals surface area contributed by atoms with Crippen molar-refractivity contribution < 1.29 is 0 Å². The lowest BCUT2D eigenvalue weighted by Crippen LogP contribution is -1.96. The third-order valence-electron chi connectivity index (χ3n) is 28.2. The van der Waals surface area contributed by atoms with E-state index in [1.807, 2.05) is 22.7 Å². The molecule has 0 aliphatic carbocycles. The molecule has 0 atom stereocenters. The molecule has 10 heteroatoms. The smallest absolute Gasteiger partial charge is 0.0635 e. The van der Waals surface area contributed by atoms with Gasteiger partial charge in [0.05, 0.1) is 99.3 Å². The van der Waals surface area contributed by atoms with Crippen molar-refractivity contribution in [3.05, 3.63) is 376 Å². The molecule has 0 aliphatic heterocycles. The average Bonchev–Trinajstić information content (AvgIpc) is 1.50. The zero-order valence-electron chi connectivity index (χ0n) is 66.2. The van der Waals surface area contributed by atoms with Gasteiger partial charge in [-0.15, -0.1) is 22.7 Å². The summed E-state index contributed by atoms with van der Waals surface area (Å²) >= 11 is 3.86. The molecular weight excluding hydrogens is 1550 g/mol. The predicted molar refractivity (Wildman–Crippen MR) is 528 cm³/mol. The molecular formula is C114H62N8S2. The van der Waals surface area contributed by atoms with E-state index >= 15 is 0 Å². The first-order valence-electron chi connectivity index (χ1n) is 42.7. The van der Waals surface area contributed by atoms with E-state index in [0.29, 0.717) is 0 Å². The summed E-state index contributed by atoms with van der Waals surface area (Å²) in [5.41, 5.74) is 28.2. The summed E-state index contributed by atoms with van der Waals surface area (Å²) in [5.74, 6) is 0. The van der Waals surface area contributed by atoms with E-state index in [9.17, 15) is 0 Å². The highest BCUT2D eigenvalue weighted by atomic mass is 32.1. The fourth-order valence-corrected chi connectivity index (χ4v) is 25.7. The molecule has 19 aromatic carbocycles. The van der Waals surface area contributed by atoms with E-state index in [0.717, 1.165) is 56.2 Å². The van der Waals surface area contributed by atoms with Crippen molar-refractivity contribution in [2.45, 2.75) is 0 Å². The minimum atomic E-state index is 1.12. The third kappa shape index (κ3) is 8.10. The summed E-state index contributed by atoms with van der Waals surface area (Å²) in [6, 6.07) is 143. The number of aromatic nitrogens is 8. The second-order valence-electron chi connectivity index (χ2n) is 34.2. The van der Waals surface area contributed by atoms with Crippen LogP contribution in [-0.2, 0) is 0 Å². The Hall–Kier alpha value is -16.0. The van der Waals surface area contributed by atoms with Crippen molar-refractivity contribution in [3.8, 4) is 34.1 Å². The van der Waals surface area contributed by atoms with Crippen LogP contribution in [0.25, 0.3) is 281 Å². The molecule has 31 aromatic rings. The van der Waals surface area contributed by atoms with E-state index in [1.54, 1.807) is 0 Å². The third-order valence-corrected chi connectivity index (χ3v) is 30.6. The Morgan fingerprint density at radius 3 is 0.613 bits per heavy atom. The zero-order valence-corrected chi connectivity index (χ0v) is 67.8. The molecule has 0 N–H and O–H groups in total. The number of thiophene rings is 2. The Bertz CT molecular complexity index is 9180. The van der Waals surface area contributed by atoms with Gasteiger partial charge in [-0.05, 0) is 194 Å². The van der Waals surface area contributed by atoms with Gasteiger partial charge in [-0.3, -0.25) is 0 Å². The van der Waals surface area contributed by atoms with Crippen molar-refractivity contribution in [2.75, 3.05) is 0 Å². The first-order valence-corrected chi connectivity index (χ1v) is 44.3. The van der Waals surface area contributed by atoms with Crippen LogP contribution < -0.4 is 0 Å². The van der Waals surface area contributed by atoms with Crippen molar-refractivity contribution in [3.63, 3.8) is 0 Å². The van der Waals surface area contributed by atoms with Gasteiger partial charge in [-0.25, -0.2) is 0 Å². The molecule has 31 rings (SSSR count). The molecule has 12 aromatic heterocycles. The Labute approximate surface area is 711 Å². The van der Waals surface area contributed by atoms with Gasteiger partial charge in [0.2, 0.25) is 0 Å². The maximum atomic E-state index is 2.64. The maximum Gasteiger partial charge on any atom is 0.0635 e. The molecule has 0 fully saturated rings. The lowest BCUT2D eigenvalue weighted by Gasteiger charge is -2.11. The molecule has 0 bridgehead atoms. The van der Waals surface area contributed by atoms with Gasteiger partial charge in [0, 0.05) is 182 Å². The van der Waals surface area contributed by atoms with Gasteiger partial charge in [0.25, 0.3) is 0 Å². The summed E-state index contributed by atoms with van der Waals surface area (Å²) in [6.07, 6.45) is 0. The Morgan fingerprint density at radius 2 is 0.347 bits per heavy atom. The van der Waals surface area contributed by atoms with Crippen LogP contribution in [0.2, 0.25) is 0 Å².